The monoisotopic (exact) mass is 474 g/mol. The van der Waals surface area contributed by atoms with Gasteiger partial charge in [-0.2, -0.15) is 0 Å². The molecule has 1 aliphatic rings. The van der Waals surface area contributed by atoms with Gasteiger partial charge in [-0.3, -0.25) is 0 Å². The molecule has 2 rings (SSSR count). The fourth-order valence-electron chi connectivity index (χ4n) is 5.19. The molecule has 0 N–H and O–H groups in total. The number of hydrogen-bond acceptors (Lipinski definition) is 1. The van der Waals surface area contributed by atoms with Crippen LogP contribution < -0.4 is 0 Å². The van der Waals surface area contributed by atoms with Crippen LogP contribution in [0.25, 0.3) is 5.57 Å². The van der Waals surface area contributed by atoms with Gasteiger partial charge in [-0.25, -0.2) is 0 Å². The molecule has 0 unspecified atom stereocenters. The predicted octanol–water partition coefficient (Wildman–Crippen LogP) is 10.9. The summed E-state index contributed by atoms with van der Waals surface area (Å²) in [7, 11) is 0. The third-order valence-electron chi connectivity index (χ3n) is 7.81. The Morgan fingerprint density at radius 3 is 1.88 bits per heavy atom. The molecule has 1 aromatic carbocycles. The number of benzene rings is 1. The molecular formula is C33H46S. The highest BCUT2D eigenvalue weighted by Gasteiger charge is 2.18. The normalized spacial score (nSPS) is 18.2. The maximum atomic E-state index is 2.40. The van der Waals surface area contributed by atoms with Crippen molar-refractivity contribution >= 4 is 17.3 Å². The molecule has 0 saturated carbocycles. The molecule has 0 bridgehead atoms. The van der Waals surface area contributed by atoms with Crippen molar-refractivity contribution in [3.05, 3.63) is 94.9 Å². The topological polar surface area (TPSA) is 0 Å². The van der Waals surface area contributed by atoms with E-state index in [4.69, 9.17) is 0 Å². The summed E-state index contributed by atoms with van der Waals surface area (Å²) in [4.78, 5) is 2.82. The molecule has 0 spiro atoms. The van der Waals surface area contributed by atoms with Gasteiger partial charge in [0.2, 0.25) is 0 Å². The van der Waals surface area contributed by atoms with E-state index in [0.717, 1.165) is 0 Å². The molecule has 0 amide bonds. The van der Waals surface area contributed by atoms with E-state index in [1.165, 1.54) is 82.2 Å². The maximum Gasteiger partial charge on any atom is 0.0180 e. The van der Waals surface area contributed by atoms with E-state index in [-0.39, 0.29) is 0 Å². The van der Waals surface area contributed by atoms with E-state index in [9.17, 15) is 0 Å². The third-order valence-corrected chi connectivity index (χ3v) is 9.25. The van der Waals surface area contributed by atoms with Gasteiger partial charge in [0.15, 0.2) is 0 Å². The van der Waals surface area contributed by atoms with Crippen LogP contribution in [0, 0.1) is 33.6 Å². The van der Waals surface area contributed by atoms with Gasteiger partial charge in [0.05, 0.1) is 0 Å². The van der Waals surface area contributed by atoms with Crippen LogP contribution in [0.3, 0.4) is 0 Å². The van der Waals surface area contributed by atoms with Crippen molar-refractivity contribution in [1.82, 2.24) is 0 Å². The fraction of sp³-hybridized carbons (Fsp3) is 0.455. The van der Waals surface area contributed by atoms with Crippen molar-refractivity contribution in [1.29, 1.82) is 0 Å². The first kappa shape index (κ1) is 28.2. The molecule has 184 valence electrons. The first-order chi connectivity index (χ1) is 15.7. The summed E-state index contributed by atoms with van der Waals surface area (Å²) in [5.74, 6) is 0.460. The second-order valence-electron chi connectivity index (χ2n) is 10.6. The van der Waals surface area contributed by atoms with E-state index in [1.807, 2.05) is 11.8 Å². The van der Waals surface area contributed by atoms with Crippen molar-refractivity contribution in [3.63, 3.8) is 0 Å². The zero-order valence-electron chi connectivity index (χ0n) is 24.2. The molecule has 1 heterocycles. The molecule has 0 saturated heterocycles. The molecule has 34 heavy (non-hydrogen) atoms. The summed E-state index contributed by atoms with van der Waals surface area (Å²) in [6, 6.07) is 2.36. The second kappa shape index (κ2) is 11.2. The highest BCUT2D eigenvalue weighted by atomic mass is 32.2. The number of hydrogen-bond donors (Lipinski definition) is 0. The van der Waals surface area contributed by atoms with E-state index < -0.39 is 0 Å². The van der Waals surface area contributed by atoms with Crippen LogP contribution in [0.2, 0.25) is 0 Å². The zero-order chi connectivity index (χ0) is 26.1. The number of aryl methyl sites for hydroxylation is 1. The number of thioether (sulfide) groups is 1. The maximum absolute atomic E-state index is 2.40. The average molecular weight is 475 g/mol. The SMILES string of the molecule is CC(\C=C(C)/C(=C(C)/C=C(\C)c1cc(C)c(C)c(C)c1C)C(C)C)=C1SC(C)=C(C)C(C)=C1C. The van der Waals surface area contributed by atoms with Crippen LogP contribution in [0.1, 0.15) is 97.1 Å². The highest BCUT2D eigenvalue weighted by Crippen LogP contribution is 2.43. The van der Waals surface area contributed by atoms with E-state index >= 15 is 0 Å². The molecular weight excluding hydrogens is 428 g/mol. The van der Waals surface area contributed by atoms with Crippen LogP contribution in [-0.4, -0.2) is 0 Å². The Balaban J connectivity index is 2.59. The van der Waals surface area contributed by atoms with Gasteiger partial charge >= 0.3 is 0 Å². The van der Waals surface area contributed by atoms with Crippen LogP contribution in [0.15, 0.2) is 67.0 Å². The van der Waals surface area contributed by atoms with Gasteiger partial charge in [-0.15, -0.1) is 0 Å². The van der Waals surface area contributed by atoms with Crippen molar-refractivity contribution in [2.45, 2.75) is 96.9 Å². The van der Waals surface area contributed by atoms with E-state index in [0.29, 0.717) is 5.92 Å². The highest BCUT2D eigenvalue weighted by molar-refractivity contribution is 8.07. The summed E-state index contributed by atoms with van der Waals surface area (Å²) in [5.41, 5.74) is 18.1. The van der Waals surface area contributed by atoms with Crippen LogP contribution in [0.4, 0.5) is 0 Å². The number of allylic oxidation sites excluding steroid dienone is 11. The summed E-state index contributed by atoms with van der Waals surface area (Å²) in [5, 5.41) is 0. The lowest BCUT2D eigenvalue weighted by atomic mass is 9.87. The van der Waals surface area contributed by atoms with Crippen LogP contribution >= 0.6 is 11.8 Å². The van der Waals surface area contributed by atoms with Gasteiger partial charge in [0.1, 0.15) is 0 Å². The van der Waals surface area contributed by atoms with Gasteiger partial charge in [0.25, 0.3) is 0 Å². The first-order valence-electron chi connectivity index (χ1n) is 12.6. The van der Waals surface area contributed by atoms with Gasteiger partial charge in [-0.05, 0) is 166 Å². The summed E-state index contributed by atoms with van der Waals surface area (Å²) < 4.78 is 0. The van der Waals surface area contributed by atoms with E-state index in [1.54, 1.807) is 0 Å². The van der Waals surface area contributed by atoms with Gasteiger partial charge < -0.3 is 0 Å². The summed E-state index contributed by atoms with van der Waals surface area (Å²) >= 11 is 1.93. The van der Waals surface area contributed by atoms with Crippen molar-refractivity contribution in [2.24, 2.45) is 5.92 Å². The molecule has 0 aromatic heterocycles. The lowest BCUT2D eigenvalue weighted by Gasteiger charge is -2.23. The summed E-state index contributed by atoms with van der Waals surface area (Å²) in [6.07, 6.45) is 4.80. The van der Waals surface area contributed by atoms with Gasteiger partial charge in [0, 0.05) is 4.91 Å². The third kappa shape index (κ3) is 5.80. The van der Waals surface area contributed by atoms with Gasteiger partial charge in [-0.1, -0.05) is 43.8 Å². The smallest absolute Gasteiger partial charge is 0.0180 e. The Bertz CT molecular complexity index is 1180. The molecule has 0 fully saturated rings. The molecule has 0 atom stereocenters. The molecule has 0 radical (unpaired) electrons. The Morgan fingerprint density at radius 1 is 0.735 bits per heavy atom. The molecule has 0 aliphatic carbocycles. The molecule has 0 nitrogen and oxygen atoms in total. The van der Waals surface area contributed by atoms with E-state index in [2.05, 4.69) is 115 Å². The average Bonchev–Trinajstić information content (AvgIpc) is 2.75. The minimum Gasteiger partial charge on any atom is -0.0940 e. The van der Waals surface area contributed by atoms with Crippen molar-refractivity contribution in [2.75, 3.05) is 0 Å². The Labute approximate surface area is 214 Å². The largest absolute Gasteiger partial charge is 0.0940 e. The Morgan fingerprint density at radius 2 is 1.32 bits per heavy atom. The first-order valence-corrected chi connectivity index (χ1v) is 13.4. The standard InChI is InChI=1S/C33H46S/c1-18(2)32(21(5)15-20(4)31-17-19(3)24(8)25(9)28(31)12)22(6)16-23(7)33-29(13)26(10)27(11)30(14)34-33/h15-18H,1-14H3/b20-15+,22-16-,32-21+,33-23?. The van der Waals surface area contributed by atoms with Crippen molar-refractivity contribution in [3.8, 4) is 0 Å². The fourth-order valence-corrected chi connectivity index (χ4v) is 6.33. The molecule has 1 aliphatic heterocycles. The minimum atomic E-state index is 0.460. The van der Waals surface area contributed by atoms with Crippen LogP contribution in [-0.2, 0) is 0 Å². The minimum absolute atomic E-state index is 0.460. The number of rotatable bonds is 5. The van der Waals surface area contributed by atoms with Crippen molar-refractivity contribution < 1.29 is 0 Å². The molecule has 1 heteroatoms. The molecule has 1 aromatic rings. The second-order valence-corrected chi connectivity index (χ2v) is 11.8. The Hall–Kier alpha value is -1.99. The lowest BCUT2D eigenvalue weighted by Crippen LogP contribution is -2.02. The quantitative estimate of drug-likeness (QED) is 0.382. The zero-order valence-corrected chi connectivity index (χ0v) is 25.0. The summed E-state index contributed by atoms with van der Waals surface area (Å²) in [6.45, 7) is 31.7. The lowest BCUT2D eigenvalue weighted by molar-refractivity contribution is 0.769. The predicted molar refractivity (Wildman–Crippen MR) is 157 cm³/mol. The van der Waals surface area contributed by atoms with Crippen LogP contribution in [0.5, 0.6) is 0 Å². The Kier molecular flexibility index (Phi) is 9.28.